The molecular weight excluding hydrogens is 324 g/mol. The molecule has 7 nitrogen and oxygen atoms in total. The zero-order valence-electron chi connectivity index (χ0n) is 11.9. The molecule has 0 atom stereocenters. The molecule has 0 saturated heterocycles. The fraction of sp³-hybridized carbons (Fsp3) is 0.308. The summed E-state index contributed by atoms with van der Waals surface area (Å²) >= 11 is 0.825. The smallest absolute Gasteiger partial charge is 0.269 e. The van der Waals surface area contributed by atoms with Crippen molar-refractivity contribution in [2.75, 3.05) is 11.9 Å². The maximum absolute atomic E-state index is 12.1. The third-order valence-corrected chi connectivity index (χ3v) is 5.42. The van der Waals surface area contributed by atoms with Crippen LogP contribution in [0.4, 0.5) is 5.13 Å². The third-order valence-electron chi connectivity index (χ3n) is 2.75. The normalized spacial score (nSPS) is 11.3. The number of aromatic nitrogens is 2. The zero-order chi connectivity index (χ0) is 16.0. The molecule has 0 aliphatic carbocycles. The van der Waals surface area contributed by atoms with Gasteiger partial charge in [-0.15, -0.1) is 10.2 Å². The first-order chi connectivity index (χ1) is 10.5. The first-order valence-corrected chi connectivity index (χ1v) is 8.98. The van der Waals surface area contributed by atoms with Crippen molar-refractivity contribution in [3.05, 3.63) is 35.9 Å². The van der Waals surface area contributed by atoms with Crippen LogP contribution in [0.25, 0.3) is 0 Å². The molecule has 2 aromatic rings. The van der Waals surface area contributed by atoms with E-state index in [4.69, 9.17) is 0 Å². The van der Waals surface area contributed by atoms with Gasteiger partial charge in [0, 0.05) is 13.0 Å². The van der Waals surface area contributed by atoms with E-state index in [2.05, 4.69) is 20.2 Å². The van der Waals surface area contributed by atoms with E-state index in [1.54, 1.807) is 6.92 Å². The molecule has 9 heteroatoms. The van der Waals surface area contributed by atoms with Gasteiger partial charge in [-0.3, -0.25) is 4.79 Å². The summed E-state index contributed by atoms with van der Waals surface area (Å²) in [4.78, 5) is 11.2. The van der Waals surface area contributed by atoms with Crippen LogP contribution in [0.3, 0.4) is 0 Å². The minimum absolute atomic E-state index is 0.160. The van der Waals surface area contributed by atoms with Crippen LogP contribution in [0.5, 0.6) is 0 Å². The number of nitrogens with one attached hydrogen (secondary N) is 2. The van der Waals surface area contributed by atoms with E-state index < -0.39 is 10.0 Å². The Morgan fingerprint density at radius 3 is 2.64 bits per heavy atom. The third kappa shape index (κ3) is 4.58. The van der Waals surface area contributed by atoms with Gasteiger partial charge in [-0.25, -0.2) is 13.1 Å². The van der Waals surface area contributed by atoms with Crippen LogP contribution in [0.2, 0.25) is 0 Å². The number of hydrogen-bond acceptors (Lipinski definition) is 6. The Morgan fingerprint density at radius 2 is 1.95 bits per heavy atom. The summed E-state index contributed by atoms with van der Waals surface area (Å²) in [7, 11) is -3.71. The Morgan fingerprint density at radius 1 is 1.23 bits per heavy atom. The van der Waals surface area contributed by atoms with Crippen molar-refractivity contribution >= 4 is 32.4 Å². The minimum Gasteiger partial charge on any atom is -0.301 e. The van der Waals surface area contributed by atoms with Crippen LogP contribution >= 0.6 is 11.3 Å². The van der Waals surface area contributed by atoms with Gasteiger partial charge in [-0.05, 0) is 12.0 Å². The van der Waals surface area contributed by atoms with Crippen molar-refractivity contribution < 1.29 is 13.2 Å². The maximum Gasteiger partial charge on any atom is 0.269 e. The highest BCUT2D eigenvalue weighted by Gasteiger charge is 2.20. The molecule has 1 aromatic carbocycles. The predicted molar refractivity (Wildman–Crippen MR) is 84.2 cm³/mol. The van der Waals surface area contributed by atoms with Gasteiger partial charge in [0.1, 0.15) is 0 Å². The topological polar surface area (TPSA) is 101 Å². The highest BCUT2D eigenvalue weighted by molar-refractivity contribution is 7.91. The van der Waals surface area contributed by atoms with Gasteiger partial charge in [0.15, 0.2) is 0 Å². The van der Waals surface area contributed by atoms with Crippen molar-refractivity contribution in [3.8, 4) is 0 Å². The molecule has 118 valence electrons. The van der Waals surface area contributed by atoms with Crippen molar-refractivity contribution in [2.45, 2.75) is 24.1 Å². The first-order valence-electron chi connectivity index (χ1n) is 6.68. The van der Waals surface area contributed by atoms with E-state index in [1.807, 2.05) is 30.3 Å². The van der Waals surface area contributed by atoms with Gasteiger partial charge in [0.25, 0.3) is 10.0 Å². The van der Waals surface area contributed by atoms with Crippen LogP contribution < -0.4 is 10.0 Å². The van der Waals surface area contributed by atoms with Crippen LogP contribution in [0.1, 0.15) is 18.9 Å². The lowest BCUT2D eigenvalue weighted by Crippen LogP contribution is -2.25. The summed E-state index contributed by atoms with van der Waals surface area (Å²) in [6.45, 7) is 1.96. The Labute approximate surface area is 132 Å². The summed E-state index contributed by atoms with van der Waals surface area (Å²) in [6, 6.07) is 9.56. The van der Waals surface area contributed by atoms with Crippen molar-refractivity contribution in [3.63, 3.8) is 0 Å². The molecule has 22 heavy (non-hydrogen) atoms. The van der Waals surface area contributed by atoms with E-state index in [0.717, 1.165) is 16.9 Å². The van der Waals surface area contributed by atoms with Gasteiger partial charge >= 0.3 is 0 Å². The molecule has 1 amide bonds. The van der Waals surface area contributed by atoms with Crippen LogP contribution in [-0.2, 0) is 21.2 Å². The number of benzene rings is 1. The highest BCUT2D eigenvalue weighted by atomic mass is 32.2. The lowest BCUT2D eigenvalue weighted by atomic mass is 10.2. The lowest BCUT2D eigenvalue weighted by Gasteiger charge is -2.03. The molecule has 1 heterocycles. The fourth-order valence-corrected chi connectivity index (χ4v) is 3.60. The second-order valence-electron chi connectivity index (χ2n) is 4.41. The van der Waals surface area contributed by atoms with E-state index in [0.29, 0.717) is 6.42 Å². The van der Waals surface area contributed by atoms with Gasteiger partial charge in [-0.1, -0.05) is 48.6 Å². The predicted octanol–water partition coefficient (Wildman–Crippen LogP) is 1.41. The van der Waals surface area contributed by atoms with Gasteiger partial charge in [-0.2, -0.15) is 0 Å². The second-order valence-corrected chi connectivity index (χ2v) is 7.33. The SMILES string of the molecule is CCC(=O)Nc1nnc(S(=O)(=O)NCCc2ccccc2)s1. The average molecular weight is 340 g/mol. The number of nitrogens with zero attached hydrogens (tertiary/aromatic N) is 2. The molecule has 0 unspecified atom stereocenters. The van der Waals surface area contributed by atoms with Crippen LogP contribution in [0.15, 0.2) is 34.7 Å². The second kappa shape index (κ2) is 7.43. The van der Waals surface area contributed by atoms with Crippen molar-refractivity contribution in [2.24, 2.45) is 0 Å². The Bertz CT molecular complexity index is 729. The van der Waals surface area contributed by atoms with Crippen LogP contribution in [0, 0.1) is 0 Å². The highest BCUT2D eigenvalue weighted by Crippen LogP contribution is 2.19. The molecule has 0 spiro atoms. The molecule has 2 N–H and O–H groups in total. The summed E-state index contributed by atoms with van der Waals surface area (Å²) in [5, 5.41) is 9.91. The maximum atomic E-state index is 12.1. The summed E-state index contributed by atoms with van der Waals surface area (Å²) in [5.74, 6) is -0.239. The Balaban J connectivity index is 1.94. The lowest BCUT2D eigenvalue weighted by molar-refractivity contribution is -0.115. The first kappa shape index (κ1) is 16.5. The molecule has 0 bridgehead atoms. The molecule has 1 aromatic heterocycles. The van der Waals surface area contributed by atoms with E-state index >= 15 is 0 Å². The molecule has 0 aliphatic heterocycles. The average Bonchev–Trinajstić information content (AvgIpc) is 2.97. The quantitative estimate of drug-likeness (QED) is 0.742. The van der Waals surface area contributed by atoms with Gasteiger partial charge in [0.05, 0.1) is 0 Å². The van der Waals surface area contributed by atoms with Crippen molar-refractivity contribution in [1.82, 2.24) is 14.9 Å². The van der Waals surface area contributed by atoms with Gasteiger partial charge < -0.3 is 5.32 Å². The number of hydrogen-bond donors (Lipinski definition) is 2. The Hall–Kier alpha value is -1.84. The van der Waals surface area contributed by atoms with E-state index in [9.17, 15) is 13.2 Å². The van der Waals surface area contributed by atoms with E-state index in [-0.39, 0.29) is 28.3 Å². The molecule has 0 saturated carbocycles. The molecule has 0 fully saturated rings. The number of anilines is 1. The minimum atomic E-state index is -3.71. The largest absolute Gasteiger partial charge is 0.301 e. The summed E-state index contributed by atoms with van der Waals surface area (Å²) < 4.78 is 26.5. The molecule has 2 rings (SSSR count). The summed E-state index contributed by atoms with van der Waals surface area (Å²) in [5.41, 5.74) is 1.04. The Kier molecular flexibility index (Phi) is 5.58. The standard InChI is InChI=1S/C13H16N4O3S2/c1-2-11(18)15-12-16-17-13(21-12)22(19,20)14-9-8-10-6-4-3-5-7-10/h3-7,14H,2,8-9H2,1H3,(H,15,16,18). The van der Waals surface area contributed by atoms with E-state index in [1.165, 1.54) is 0 Å². The number of sulfonamides is 1. The fourth-order valence-electron chi connectivity index (χ4n) is 1.61. The number of carbonyl (C=O) groups excluding carboxylic acids is 1. The monoisotopic (exact) mass is 340 g/mol. The zero-order valence-corrected chi connectivity index (χ0v) is 13.6. The number of carbonyl (C=O) groups is 1. The molecule has 0 radical (unpaired) electrons. The summed E-state index contributed by atoms with van der Waals surface area (Å²) in [6.07, 6.45) is 0.870. The number of amides is 1. The van der Waals surface area contributed by atoms with Gasteiger partial charge in [0.2, 0.25) is 15.4 Å². The molecular formula is C13H16N4O3S2. The molecule has 0 aliphatic rings. The number of rotatable bonds is 7. The van der Waals surface area contributed by atoms with Crippen LogP contribution in [-0.4, -0.2) is 31.1 Å². The van der Waals surface area contributed by atoms with Crippen molar-refractivity contribution in [1.29, 1.82) is 0 Å².